The molecule has 1 aliphatic rings. The lowest BCUT2D eigenvalue weighted by Crippen LogP contribution is -2.27. The van der Waals surface area contributed by atoms with E-state index in [0.29, 0.717) is 6.04 Å². The highest BCUT2D eigenvalue weighted by molar-refractivity contribution is 5.24. The van der Waals surface area contributed by atoms with Crippen molar-refractivity contribution < 1.29 is 0 Å². The van der Waals surface area contributed by atoms with Crippen molar-refractivity contribution in [1.82, 2.24) is 5.01 Å². The van der Waals surface area contributed by atoms with E-state index in [-0.39, 0.29) is 0 Å². The predicted molar refractivity (Wildman–Crippen MR) is 80.6 cm³/mol. The zero-order valence-corrected chi connectivity index (χ0v) is 12.9. The van der Waals surface area contributed by atoms with Gasteiger partial charge in [-0.3, -0.25) is 5.01 Å². The van der Waals surface area contributed by atoms with Gasteiger partial charge in [-0.05, 0) is 64.7 Å². The molecule has 0 spiro atoms. The molecule has 2 nitrogen and oxygen atoms in total. The summed E-state index contributed by atoms with van der Waals surface area (Å²) >= 11 is 0. The van der Waals surface area contributed by atoms with Gasteiger partial charge in [0, 0.05) is 18.5 Å². The summed E-state index contributed by atoms with van der Waals surface area (Å²) in [6, 6.07) is 0.407. The van der Waals surface area contributed by atoms with Crippen LogP contribution in [0.25, 0.3) is 0 Å². The van der Waals surface area contributed by atoms with Crippen molar-refractivity contribution in [2.75, 3.05) is 0 Å². The van der Waals surface area contributed by atoms with E-state index >= 15 is 0 Å². The van der Waals surface area contributed by atoms with E-state index in [9.17, 15) is 0 Å². The Morgan fingerprint density at radius 3 is 2.33 bits per heavy atom. The van der Waals surface area contributed by atoms with Crippen LogP contribution in [-0.4, -0.2) is 17.8 Å². The van der Waals surface area contributed by atoms with Crippen molar-refractivity contribution in [3.63, 3.8) is 0 Å². The van der Waals surface area contributed by atoms with Gasteiger partial charge >= 0.3 is 0 Å². The fourth-order valence-electron chi connectivity index (χ4n) is 2.99. The maximum atomic E-state index is 4.23. The Bertz CT molecular complexity index is 302. The van der Waals surface area contributed by atoms with E-state index in [0.717, 1.165) is 18.3 Å². The second-order valence-corrected chi connectivity index (χ2v) is 6.24. The molecule has 0 aromatic rings. The average molecular weight is 250 g/mol. The summed E-state index contributed by atoms with van der Waals surface area (Å²) in [4.78, 5) is 0. The van der Waals surface area contributed by atoms with Crippen LogP contribution in [0.3, 0.4) is 0 Å². The van der Waals surface area contributed by atoms with Crippen LogP contribution in [0.15, 0.2) is 16.4 Å². The minimum Gasteiger partial charge on any atom is -0.268 e. The van der Waals surface area contributed by atoms with Gasteiger partial charge in [0.15, 0.2) is 0 Å². The number of rotatable bonds is 4. The summed E-state index contributed by atoms with van der Waals surface area (Å²) in [6.45, 7) is 15.1. The van der Waals surface area contributed by atoms with E-state index in [4.69, 9.17) is 0 Å². The lowest BCUT2D eigenvalue weighted by atomic mass is 9.83. The third kappa shape index (κ3) is 3.86. The quantitative estimate of drug-likeness (QED) is 0.516. The van der Waals surface area contributed by atoms with Gasteiger partial charge in [0.25, 0.3) is 0 Å². The number of allylic oxidation sites excluding steroid dienone is 2. The van der Waals surface area contributed by atoms with Gasteiger partial charge < -0.3 is 0 Å². The maximum Gasteiger partial charge on any atom is 0.0465 e. The number of hydrogen-bond acceptors (Lipinski definition) is 2. The molecule has 0 N–H and O–H groups in total. The first kappa shape index (κ1) is 15.3. The van der Waals surface area contributed by atoms with Crippen molar-refractivity contribution in [1.29, 1.82) is 0 Å². The van der Waals surface area contributed by atoms with E-state index in [2.05, 4.69) is 51.4 Å². The monoisotopic (exact) mass is 250 g/mol. The fraction of sp³-hybridized carbons (Fsp3) is 0.812. The summed E-state index contributed by atoms with van der Waals surface area (Å²) in [7, 11) is 0. The largest absolute Gasteiger partial charge is 0.268 e. The Hall–Kier alpha value is -0.790. The first-order valence-electron chi connectivity index (χ1n) is 7.41. The highest BCUT2D eigenvalue weighted by Gasteiger charge is 2.21. The molecule has 0 aromatic heterocycles. The van der Waals surface area contributed by atoms with Gasteiger partial charge in [-0.1, -0.05) is 19.4 Å². The van der Waals surface area contributed by atoms with E-state index in [1.54, 1.807) is 0 Å². The predicted octanol–water partition coefficient (Wildman–Crippen LogP) is 4.82. The Balaban J connectivity index is 2.86. The van der Waals surface area contributed by atoms with Gasteiger partial charge in [0.05, 0.1) is 0 Å². The Morgan fingerprint density at radius 1 is 1.17 bits per heavy atom. The molecule has 0 saturated heterocycles. The van der Waals surface area contributed by atoms with Crippen molar-refractivity contribution in [3.05, 3.63) is 11.3 Å². The van der Waals surface area contributed by atoms with Crippen LogP contribution in [0.5, 0.6) is 0 Å². The second-order valence-electron chi connectivity index (χ2n) is 6.24. The normalized spacial score (nSPS) is 26.1. The smallest absolute Gasteiger partial charge is 0.0465 e. The van der Waals surface area contributed by atoms with E-state index in [1.807, 2.05) is 0 Å². The lowest BCUT2D eigenvalue weighted by molar-refractivity contribution is 0.256. The van der Waals surface area contributed by atoms with Crippen LogP contribution in [0.2, 0.25) is 0 Å². The minimum atomic E-state index is 0.407. The molecule has 0 aromatic carbocycles. The van der Waals surface area contributed by atoms with E-state index < -0.39 is 0 Å². The molecule has 1 rings (SSSR count). The minimum absolute atomic E-state index is 0.407. The zero-order chi connectivity index (χ0) is 13.7. The SMILES string of the molecule is C=NN(/C1=C(\C)CCCC(C(C)C)CC1)C(C)C. The molecule has 2 heteroatoms. The third-order valence-corrected chi connectivity index (χ3v) is 4.23. The molecule has 0 fully saturated rings. The van der Waals surface area contributed by atoms with Gasteiger partial charge in [0.2, 0.25) is 0 Å². The first-order valence-corrected chi connectivity index (χ1v) is 7.41. The summed E-state index contributed by atoms with van der Waals surface area (Å²) in [5.41, 5.74) is 2.93. The average Bonchev–Trinajstić information content (AvgIpc) is 2.27. The lowest BCUT2D eigenvalue weighted by Gasteiger charge is -2.31. The molecule has 1 unspecified atom stereocenters. The highest BCUT2D eigenvalue weighted by Crippen LogP contribution is 2.32. The highest BCUT2D eigenvalue weighted by atomic mass is 15.5. The molecule has 0 aliphatic heterocycles. The molecule has 18 heavy (non-hydrogen) atoms. The zero-order valence-electron chi connectivity index (χ0n) is 12.9. The number of nitrogens with zero attached hydrogens (tertiary/aromatic N) is 2. The van der Waals surface area contributed by atoms with Gasteiger partial charge in [0.1, 0.15) is 0 Å². The van der Waals surface area contributed by atoms with Gasteiger partial charge in [-0.15, -0.1) is 0 Å². The second kappa shape index (κ2) is 6.96. The van der Waals surface area contributed by atoms with Crippen molar-refractivity contribution in [3.8, 4) is 0 Å². The summed E-state index contributed by atoms with van der Waals surface area (Å²) < 4.78 is 0. The maximum absolute atomic E-state index is 4.23. The summed E-state index contributed by atoms with van der Waals surface area (Å²) in [5, 5.41) is 6.35. The number of hydrogen-bond donors (Lipinski definition) is 0. The standard InChI is InChI=1S/C16H30N2/c1-12(2)15-9-7-8-14(5)16(11-10-15)18(17-6)13(3)4/h12-13,15H,6-11H2,1-5H3/b16-14+. The summed E-state index contributed by atoms with van der Waals surface area (Å²) in [6.07, 6.45) is 6.37. The molecule has 0 radical (unpaired) electrons. The third-order valence-electron chi connectivity index (χ3n) is 4.23. The molecule has 1 atom stereocenters. The Kier molecular flexibility index (Phi) is 5.90. The first-order chi connectivity index (χ1) is 8.47. The van der Waals surface area contributed by atoms with Crippen LogP contribution in [0.4, 0.5) is 0 Å². The van der Waals surface area contributed by atoms with Gasteiger partial charge in [-0.2, -0.15) is 5.10 Å². The van der Waals surface area contributed by atoms with Crippen LogP contribution in [0.1, 0.15) is 66.7 Å². The summed E-state index contributed by atoms with van der Waals surface area (Å²) in [5.74, 6) is 1.67. The molecular formula is C16H30N2. The van der Waals surface area contributed by atoms with Crippen LogP contribution in [-0.2, 0) is 0 Å². The molecule has 0 amide bonds. The Labute approximate surface area is 113 Å². The molecule has 0 saturated carbocycles. The molecular weight excluding hydrogens is 220 g/mol. The molecule has 0 heterocycles. The number of hydrazone groups is 1. The van der Waals surface area contributed by atoms with Crippen LogP contribution >= 0.6 is 0 Å². The van der Waals surface area contributed by atoms with Crippen LogP contribution < -0.4 is 0 Å². The van der Waals surface area contributed by atoms with Crippen LogP contribution in [0, 0.1) is 11.8 Å². The molecule has 0 bridgehead atoms. The molecule has 104 valence electrons. The van der Waals surface area contributed by atoms with Crippen molar-refractivity contribution in [2.24, 2.45) is 16.9 Å². The van der Waals surface area contributed by atoms with Crippen molar-refractivity contribution >= 4 is 6.72 Å². The molecule has 1 aliphatic carbocycles. The fourth-order valence-corrected chi connectivity index (χ4v) is 2.99. The van der Waals surface area contributed by atoms with Gasteiger partial charge in [-0.25, -0.2) is 0 Å². The van der Waals surface area contributed by atoms with Crippen molar-refractivity contribution in [2.45, 2.75) is 72.8 Å². The Morgan fingerprint density at radius 2 is 1.83 bits per heavy atom. The topological polar surface area (TPSA) is 15.6 Å². The van der Waals surface area contributed by atoms with E-state index in [1.165, 1.54) is 37.0 Å².